The van der Waals surface area contributed by atoms with Gasteiger partial charge in [-0.05, 0) is 12.1 Å². The molecular formula is C30H44N2O5. The summed E-state index contributed by atoms with van der Waals surface area (Å²) in [6, 6.07) is 8.69. The monoisotopic (exact) mass is 512 g/mol. The van der Waals surface area contributed by atoms with Gasteiger partial charge in [0.15, 0.2) is 0 Å². The van der Waals surface area contributed by atoms with Gasteiger partial charge < -0.3 is 9.47 Å². The predicted octanol–water partition coefficient (Wildman–Crippen LogP) is 6.24. The van der Waals surface area contributed by atoms with Crippen molar-refractivity contribution in [2.24, 2.45) is 21.7 Å². The number of carbonyl (C=O) groups is 2. The van der Waals surface area contributed by atoms with Gasteiger partial charge in [0.1, 0.15) is 17.1 Å². The summed E-state index contributed by atoms with van der Waals surface area (Å²) in [6.07, 6.45) is 1.93. The highest BCUT2D eigenvalue weighted by Gasteiger charge is 2.67. The van der Waals surface area contributed by atoms with Crippen molar-refractivity contribution < 1.29 is 23.8 Å². The smallest absolute Gasteiger partial charge is 0.275 e. The molecule has 2 aliphatic heterocycles. The molecule has 2 aliphatic rings. The average molecular weight is 513 g/mol. The van der Waals surface area contributed by atoms with Crippen molar-refractivity contribution in [2.45, 2.75) is 94.7 Å². The van der Waals surface area contributed by atoms with E-state index in [9.17, 15) is 9.59 Å². The summed E-state index contributed by atoms with van der Waals surface area (Å²) in [5.41, 5.74) is 3.59. The first-order chi connectivity index (χ1) is 16.6. The van der Waals surface area contributed by atoms with Crippen LogP contribution in [-0.4, -0.2) is 23.4 Å². The Morgan fingerprint density at radius 2 is 1.24 bits per heavy atom. The van der Waals surface area contributed by atoms with Gasteiger partial charge in [0.05, 0.1) is 0 Å². The Hall–Kier alpha value is -2.80. The van der Waals surface area contributed by atoms with Gasteiger partial charge in [-0.1, -0.05) is 101 Å². The van der Waals surface area contributed by atoms with Crippen molar-refractivity contribution >= 4 is 11.8 Å². The lowest BCUT2D eigenvalue weighted by molar-refractivity contribution is -0.399. The number of hydrogen-bond acceptors (Lipinski definition) is 5. The molecule has 2 bridgehead atoms. The van der Waals surface area contributed by atoms with Gasteiger partial charge in [0.25, 0.3) is 17.6 Å². The molecule has 1 aromatic rings. The van der Waals surface area contributed by atoms with Crippen LogP contribution in [0.2, 0.25) is 0 Å². The zero-order valence-electron chi connectivity index (χ0n) is 24.5. The third-order valence-electron chi connectivity index (χ3n) is 6.69. The van der Waals surface area contributed by atoms with Crippen LogP contribution in [0, 0.1) is 21.7 Å². The van der Waals surface area contributed by atoms with Crippen molar-refractivity contribution in [3.05, 3.63) is 59.1 Å². The van der Waals surface area contributed by atoms with Crippen LogP contribution < -0.4 is 10.9 Å². The maximum absolute atomic E-state index is 14.0. The second-order valence-electron chi connectivity index (χ2n) is 14.1. The van der Waals surface area contributed by atoms with Gasteiger partial charge in [0.2, 0.25) is 5.79 Å². The molecule has 204 valence electrons. The van der Waals surface area contributed by atoms with Crippen LogP contribution in [-0.2, 0) is 19.0 Å². The fraction of sp³-hybridized carbons (Fsp3) is 0.600. The Morgan fingerprint density at radius 3 is 1.70 bits per heavy atom. The lowest BCUT2D eigenvalue weighted by Gasteiger charge is -2.60. The molecule has 0 spiro atoms. The van der Waals surface area contributed by atoms with E-state index in [0.29, 0.717) is 17.1 Å². The minimum Gasteiger partial charge on any atom is -0.461 e. The number of benzene rings is 1. The van der Waals surface area contributed by atoms with E-state index in [1.54, 1.807) is 24.3 Å². The Labute approximate surface area is 222 Å². The topological polar surface area (TPSA) is 85.9 Å². The quantitative estimate of drug-likeness (QED) is 0.458. The Balaban J connectivity index is 2.22. The predicted molar refractivity (Wildman–Crippen MR) is 144 cm³/mol. The van der Waals surface area contributed by atoms with E-state index >= 15 is 0 Å². The van der Waals surface area contributed by atoms with Crippen LogP contribution >= 0.6 is 0 Å². The van der Waals surface area contributed by atoms with Gasteiger partial charge in [0, 0.05) is 33.3 Å². The van der Waals surface area contributed by atoms with Crippen molar-refractivity contribution in [3.8, 4) is 0 Å². The number of allylic oxidation sites excluding steroid dienone is 2. The minimum atomic E-state index is -1.50. The molecule has 0 fully saturated rings. The van der Waals surface area contributed by atoms with E-state index in [2.05, 4.69) is 31.6 Å². The van der Waals surface area contributed by atoms with Crippen molar-refractivity contribution in [2.75, 3.05) is 0 Å². The summed E-state index contributed by atoms with van der Waals surface area (Å²) < 4.78 is 20.4. The molecule has 2 unspecified atom stereocenters. The van der Waals surface area contributed by atoms with E-state index in [4.69, 9.17) is 14.2 Å². The molecule has 0 aromatic heterocycles. The molecule has 0 radical (unpaired) electrons. The first-order valence-electron chi connectivity index (χ1n) is 12.9. The standard InChI is InChI=1S/C30H44N2O5/c1-25(2,3)20-18-29(27(7,8)9)36-22(26(4,5)6)21(30(35-20,37-29)28(10,11)12)24(34)32-31-23(33)19-16-14-13-15-17-19/h13-18H,1-12H3,(H,31,33)(H,32,34). The van der Waals surface area contributed by atoms with Gasteiger partial charge >= 0.3 is 0 Å². The molecule has 2 amide bonds. The van der Waals surface area contributed by atoms with Gasteiger partial charge in [-0.25, -0.2) is 0 Å². The van der Waals surface area contributed by atoms with Crippen molar-refractivity contribution in [1.82, 2.24) is 10.9 Å². The summed E-state index contributed by atoms with van der Waals surface area (Å²) in [4.78, 5) is 26.7. The first kappa shape index (κ1) is 28.8. The molecule has 7 nitrogen and oxygen atoms in total. The summed E-state index contributed by atoms with van der Waals surface area (Å²) >= 11 is 0. The molecule has 3 rings (SSSR count). The lowest BCUT2D eigenvalue weighted by Crippen LogP contribution is -2.67. The highest BCUT2D eigenvalue weighted by molar-refractivity contribution is 6.00. The maximum atomic E-state index is 14.0. The van der Waals surface area contributed by atoms with Crippen LogP contribution in [0.1, 0.15) is 93.4 Å². The molecule has 2 N–H and O–H groups in total. The van der Waals surface area contributed by atoms with Crippen LogP contribution in [0.3, 0.4) is 0 Å². The minimum absolute atomic E-state index is 0.204. The number of nitrogens with one attached hydrogen (secondary N) is 2. The van der Waals surface area contributed by atoms with E-state index in [1.807, 2.05) is 74.5 Å². The number of fused-ring (bicyclic) bond motifs is 2. The number of rotatable bonds is 2. The SMILES string of the molecule is CC(C)(C)C1=CC2(C(C)(C)C)OC(C(C)(C)C)=C(C(=O)NNC(=O)c3ccccc3)C(C(C)(C)C)(O1)O2. The summed E-state index contributed by atoms with van der Waals surface area (Å²) in [7, 11) is 0. The largest absolute Gasteiger partial charge is 0.461 e. The highest BCUT2D eigenvalue weighted by atomic mass is 16.8. The average Bonchev–Trinajstić information content (AvgIpc) is 2.74. The van der Waals surface area contributed by atoms with Gasteiger partial charge in [-0.2, -0.15) is 0 Å². The van der Waals surface area contributed by atoms with E-state index in [1.165, 1.54) is 0 Å². The zero-order valence-corrected chi connectivity index (χ0v) is 24.5. The molecule has 37 heavy (non-hydrogen) atoms. The molecule has 2 atom stereocenters. The first-order valence-corrected chi connectivity index (χ1v) is 12.9. The number of hydrogen-bond donors (Lipinski definition) is 2. The van der Waals surface area contributed by atoms with Crippen LogP contribution in [0.4, 0.5) is 0 Å². The molecular weight excluding hydrogens is 468 g/mol. The molecule has 2 heterocycles. The highest BCUT2D eigenvalue weighted by Crippen LogP contribution is 2.60. The number of ether oxygens (including phenoxy) is 3. The van der Waals surface area contributed by atoms with Crippen LogP contribution in [0.15, 0.2) is 53.5 Å². The van der Waals surface area contributed by atoms with Crippen LogP contribution in [0.25, 0.3) is 0 Å². The van der Waals surface area contributed by atoms with Crippen molar-refractivity contribution in [3.63, 3.8) is 0 Å². The van der Waals surface area contributed by atoms with E-state index in [-0.39, 0.29) is 11.0 Å². The fourth-order valence-corrected chi connectivity index (χ4v) is 4.32. The molecule has 7 heteroatoms. The van der Waals surface area contributed by atoms with Crippen molar-refractivity contribution in [1.29, 1.82) is 0 Å². The van der Waals surface area contributed by atoms with E-state index < -0.39 is 39.6 Å². The third kappa shape index (κ3) is 5.15. The molecule has 0 saturated heterocycles. The zero-order chi connectivity index (χ0) is 28.2. The Bertz CT molecular complexity index is 1120. The van der Waals surface area contributed by atoms with Gasteiger partial charge in [-0.15, -0.1) is 0 Å². The van der Waals surface area contributed by atoms with Gasteiger partial charge in [-0.3, -0.25) is 25.2 Å². The number of carbonyl (C=O) groups excluding carboxylic acids is 2. The number of amides is 2. The fourth-order valence-electron chi connectivity index (χ4n) is 4.32. The second kappa shape index (κ2) is 8.90. The Morgan fingerprint density at radius 1 is 0.703 bits per heavy atom. The maximum Gasteiger partial charge on any atom is 0.275 e. The summed E-state index contributed by atoms with van der Waals surface area (Å²) in [5, 5.41) is 0. The lowest BCUT2D eigenvalue weighted by atomic mass is 9.72. The molecule has 0 aliphatic carbocycles. The normalized spacial score (nSPS) is 24.5. The van der Waals surface area contributed by atoms with E-state index in [0.717, 1.165) is 0 Å². The number of hydrazine groups is 1. The molecule has 0 saturated carbocycles. The van der Waals surface area contributed by atoms with Crippen LogP contribution in [0.5, 0.6) is 0 Å². The Kier molecular flexibility index (Phi) is 6.92. The summed E-state index contributed by atoms with van der Waals surface area (Å²) in [5.74, 6) is -2.55. The molecule has 1 aromatic carbocycles. The third-order valence-corrected chi connectivity index (χ3v) is 6.69. The summed E-state index contributed by atoms with van der Waals surface area (Å²) in [6.45, 7) is 24.2. The second-order valence-corrected chi connectivity index (χ2v) is 14.1.